The van der Waals surface area contributed by atoms with E-state index in [1.165, 1.54) is 11.8 Å². The lowest BCUT2D eigenvalue weighted by Gasteiger charge is -2.08. The molecular weight excluding hydrogens is 398 g/mol. The van der Waals surface area contributed by atoms with Crippen molar-refractivity contribution < 1.29 is 17.6 Å². The van der Waals surface area contributed by atoms with Crippen molar-refractivity contribution in [2.75, 3.05) is 23.4 Å². The van der Waals surface area contributed by atoms with Gasteiger partial charge in [-0.1, -0.05) is 23.9 Å². The van der Waals surface area contributed by atoms with Crippen LogP contribution in [0.4, 0.5) is 5.69 Å². The molecule has 3 heterocycles. The van der Waals surface area contributed by atoms with Crippen LogP contribution in [0.2, 0.25) is 0 Å². The van der Waals surface area contributed by atoms with Gasteiger partial charge in [0, 0.05) is 23.9 Å². The topological polar surface area (TPSA) is 101 Å². The van der Waals surface area contributed by atoms with E-state index in [2.05, 4.69) is 15.6 Å². The normalized spacial score (nSPS) is 22.5. The smallest absolute Gasteiger partial charge is 0.224 e. The lowest BCUT2D eigenvalue weighted by Crippen LogP contribution is -2.27. The van der Waals surface area contributed by atoms with Crippen LogP contribution in [-0.4, -0.2) is 48.8 Å². The van der Waals surface area contributed by atoms with E-state index in [0.29, 0.717) is 19.4 Å². The quantitative estimate of drug-likeness (QED) is 0.741. The van der Waals surface area contributed by atoms with Gasteiger partial charge < -0.3 is 15.1 Å². The summed E-state index contributed by atoms with van der Waals surface area (Å²) < 4.78 is 28.5. The molecule has 1 saturated heterocycles. The Balaban J connectivity index is 1.24. The summed E-state index contributed by atoms with van der Waals surface area (Å²) in [6.07, 6.45) is 2.61. The first kappa shape index (κ1) is 19.1. The van der Waals surface area contributed by atoms with Crippen LogP contribution in [0.3, 0.4) is 0 Å². The van der Waals surface area contributed by atoms with Crippen molar-refractivity contribution in [3.8, 4) is 0 Å². The molecule has 9 heteroatoms. The molecule has 7 nitrogen and oxygen atoms in total. The molecule has 2 aliphatic rings. The molecule has 1 aromatic carbocycles. The second-order valence-electron chi connectivity index (χ2n) is 6.91. The van der Waals surface area contributed by atoms with Gasteiger partial charge in [-0.3, -0.25) is 9.79 Å². The van der Waals surface area contributed by atoms with E-state index in [-0.39, 0.29) is 28.7 Å². The molecule has 2 aromatic rings. The summed E-state index contributed by atoms with van der Waals surface area (Å²) in [6.45, 7) is 0.543. The number of rotatable bonds is 6. The first-order valence-corrected chi connectivity index (χ1v) is 11.8. The third-order valence-corrected chi connectivity index (χ3v) is 7.80. The fourth-order valence-electron chi connectivity index (χ4n) is 3.27. The van der Waals surface area contributed by atoms with E-state index in [1.54, 1.807) is 6.26 Å². The fraction of sp³-hybridized carbons (Fsp3) is 0.368. The van der Waals surface area contributed by atoms with Gasteiger partial charge >= 0.3 is 0 Å². The van der Waals surface area contributed by atoms with Gasteiger partial charge in [0.15, 0.2) is 15.0 Å². The minimum absolute atomic E-state index is 0.0247. The zero-order valence-corrected chi connectivity index (χ0v) is 16.8. The number of benzene rings is 1. The number of fused-ring (bicyclic) bond motifs is 1. The highest BCUT2D eigenvalue weighted by Crippen LogP contribution is 2.34. The van der Waals surface area contributed by atoms with Crippen molar-refractivity contribution in [1.29, 1.82) is 0 Å². The molecule has 0 aliphatic carbocycles. The lowest BCUT2D eigenvalue weighted by molar-refractivity contribution is -0.120. The maximum absolute atomic E-state index is 12.0. The Kier molecular flexibility index (Phi) is 5.45. The van der Waals surface area contributed by atoms with Gasteiger partial charge in [0.2, 0.25) is 5.91 Å². The highest BCUT2D eigenvalue weighted by molar-refractivity contribution is 8.15. The van der Waals surface area contributed by atoms with Crippen molar-refractivity contribution in [1.82, 2.24) is 5.32 Å². The number of anilines is 1. The molecule has 2 atom stereocenters. The summed E-state index contributed by atoms with van der Waals surface area (Å²) >= 11 is 1.49. The van der Waals surface area contributed by atoms with Crippen molar-refractivity contribution in [3.63, 3.8) is 0 Å². The van der Waals surface area contributed by atoms with Crippen LogP contribution in [0.5, 0.6) is 0 Å². The number of nitrogens with one attached hydrogen (secondary N) is 2. The number of carbonyl (C=O) groups excluding carboxylic acids is 1. The second-order valence-corrected chi connectivity index (χ2v) is 10.3. The zero-order chi connectivity index (χ0) is 19.6. The molecule has 0 radical (unpaired) electrons. The van der Waals surface area contributed by atoms with Gasteiger partial charge in [-0.2, -0.15) is 0 Å². The van der Waals surface area contributed by atoms with Gasteiger partial charge in [-0.25, -0.2) is 8.42 Å². The van der Waals surface area contributed by atoms with Crippen LogP contribution in [0.1, 0.15) is 11.3 Å². The van der Waals surface area contributed by atoms with Crippen LogP contribution in [-0.2, 0) is 27.5 Å². The third kappa shape index (κ3) is 4.77. The lowest BCUT2D eigenvalue weighted by atomic mass is 10.1. The number of aliphatic imine (C=N–C) groups is 1. The number of furan rings is 1. The number of thioether (sulfide) groups is 1. The number of hydrogen-bond donors (Lipinski definition) is 2. The van der Waals surface area contributed by atoms with E-state index in [1.807, 2.05) is 36.4 Å². The minimum Gasteiger partial charge on any atom is -0.469 e. The van der Waals surface area contributed by atoms with Crippen molar-refractivity contribution >= 4 is 38.4 Å². The number of carbonyl (C=O) groups is 1. The van der Waals surface area contributed by atoms with Crippen LogP contribution in [0.15, 0.2) is 52.1 Å². The Hall–Kier alpha value is -2.26. The monoisotopic (exact) mass is 419 g/mol. The second kappa shape index (κ2) is 8.00. The van der Waals surface area contributed by atoms with Gasteiger partial charge in [0.25, 0.3) is 0 Å². The molecule has 148 valence electrons. The minimum atomic E-state index is -2.94. The highest BCUT2D eigenvalue weighted by Gasteiger charge is 2.42. The molecule has 2 unspecified atom stereocenters. The van der Waals surface area contributed by atoms with Gasteiger partial charge in [-0.05, 0) is 29.8 Å². The predicted molar refractivity (Wildman–Crippen MR) is 110 cm³/mol. The van der Waals surface area contributed by atoms with E-state index < -0.39 is 9.84 Å². The van der Waals surface area contributed by atoms with Crippen molar-refractivity contribution in [2.45, 2.75) is 24.1 Å². The number of sulfone groups is 1. The average molecular weight is 420 g/mol. The Labute approximate surface area is 167 Å². The van der Waals surface area contributed by atoms with Gasteiger partial charge in [0.1, 0.15) is 5.76 Å². The summed E-state index contributed by atoms with van der Waals surface area (Å²) in [5.41, 5.74) is 1.79. The summed E-state index contributed by atoms with van der Waals surface area (Å²) in [6, 6.07) is 11.2. The maximum atomic E-state index is 12.0. The Morgan fingerprint density at radius 3 is 2.75 bits per heavy atom. The van der Waals surface area contributed by atoms with Crippen LogP contribution in [0, 0.1) is 0 Å². The summed E-state index contributed by atoms with van der Waals surface area (Å²) in [7, 11) is -2.94. The standard InChI is InChI=1S/C19H21N3O4S2/c23-18(20-8-7-15-2-1-9-26-15)10-13-3-5-14(6-4-13)21-19-22-16-11-28(24,25)12-17(16)27-19/h1-6,9,16-17H,7-8,10-12H2,(H,20,23)(H,21,22). The Bertz CT molecular complexity index is 969. The predicted octanol–water partition coefficient (Wildman–Crippen LogP) is 1.86. The third-order valence-electron chi connectivity index (χ3n) is 4.66. The van der Waals surface area contributed by atoms with E-state index in [4.69, 9.17) is 4.42 Å². The molecule has 2 N–H and O–H groups in total. The molecule has 0 spiro atoms. The fourth-order valence-corrected chi connectivity index (χ4v) is 6.95. The van der Waals surface area contributed by atoms with E-state index in [9.17, 15) is 13.2 Å². The van der Waals surface area contributed by atoms with Crippen LogP contribution < -0.4 is 10.6 Å². The number of amides is 1. The molecule has 0 saturated carbocycles. The van der Waals surface area contributed by atoms with E-state index in [0.717, 1.165) is 22.2 Å². The van der Waals surface area contributed by atoms with Crippen LogP contribution >= 0.6 is 11.8 Å². The number of hydrogen-bond acceptors (Lipinski definition) is 7. The molecule has 2 aliphatic heterocycles. The van der Waals surface area contributed by atoms with Crippen molar-refractivity contribution in [2.24, 2.45) is 4.99 Å². The molecule has 1 amide bonds. The van der Waals surface area contributed by atoms with Gasteiger partial charge in [0.05, 0.1) is 30.2 Å². The molecule has 0 bridgehead atoms. The first-order valence-electron chi connectivity index (χ1n) is 9.07. The summed E-state index contributed by atoms with van der Waals surface area (Å²) in [4.78, 5) is 16.5. The van der Waals surface area contributed by atoms with E-state index >= 15 is 0 Å². The number of nitrogens with zero attached hydrogens (tertiary/aromatic N) is 1. The molecular formula is C19H21N3O4S2. The Morgan fingerprint density at radius 1 is 1.21 bits per heavy atom. The molecule has 28 heavy (non-hydrogen) atoms. The van der Waals surface area contributed by atoms with Crippen molar-refractivity contribution in [3.05, 3.63) is 54.0 Å². The van der Waals surface area contributed by atoms with Gasteiger partial charge in [-0.15, -0.1) is 0 Å². The summed E-state index contributed by atoms with van der Waals surface area (Å²) in [5, 5.41) is 6.90. The molecule has 1 aromatic heterocycles. The highest BCUT2D eigenvalue weighted by atomic mass is 32.2. The number of amidine groups is 1. The maximum Gasteiger partial charge on any atom is 0.224 e. The average Bonchev–Trinajstić information content (AvgIpc) is 3.32. The largest absolute Gasteiger partial charge is 0.469 e. The SMILES string of the molecule is O=C(Cc1ccc(NC2=NC3CS(=O)(=O)CC3S2)cc1)NCCc1ccco1. The zero-order valence-electron chi connectivity index (χ0n) is 15.1. The molecule has 4 rings (SSSR count). The first-order chi connectivity index (χ1) is 13.5. The summed E-state index contributed by atoms with van der Waals surface area (Å²) in [5.74, 6) is 1.16. The molecule has 1 fully saturated rings. The van der Waals surface area contributed by atoms with Crippen LogP contribution in [0.25, 0.3) is 0 Å². The Morgan fingerprint density at radius 2 is 2.04 bits per heavy atom.